The lowest BCUT2D eigenvalue weighted by Crippen LogP contribution is -2.37. The number of aliphatic hydroxyl groups excluding tert-OH is 1. The van der Waals surface area contributed by atoms with E-state index in [0.717, 1.165) is 24.6 Å². The topological polar surface area (TPSA) is 41.9 Å². The van der Waals surface area contributed by atoms with Gasteiger partial charge in [0.05, 0.1) is 7.11 Å². The van der Waals surface area contributed by atoms with Gasteiger partial charge in [0.2, 0.25) is 0 Å². The maximum absolute atomic E-state index is 10.1. The fourth-order valence-electron chi connectivity index (χ4n) is 2.71. The molecule has 1 aliphatic heterocycles. The predicted molar refractivity (Wildman–Crippen MR) is 84.0 cm³/mol. The molecule has 0 amide bonds. The van der Waals surface area contributed by atoms with E-state index in [9.17, 15) is 5.11 Å². The van der Waals surface area contributed by atoms with Crippen LogP contribution >= 0.6 is 0 Å². The SMILES string of the molecule is COc1ccc(OC[C@H](O)CN2CCCCCCC2)cc1. The first-order valence-electron chi connectivity index (χ1n) is 7.95. The average Bonchev–Trinajstić information content (AvgIpc) is 2.48. The summed E-state index contributed by atoms with van der Waals surface area (Å²) in [5.74, 6) is 1.58. The maximum atomic E-state index is 10.1. The summed E-state index contributed by atoms with van der Waals surface area (Å²) in [5, 5.41) is 10.1. The van der Waals surface area contributed by atoms with Crippen molar-refractivity contribution in [2.24, 2.45) is 0 Å². The van der Waals surface area contributed by atoms with Crippen molar-refractivity contribution in [1.29, 1.82) is 0 Å². The van der Waals surface area contributed by atoms with Crippen molar-refractivity contribution < 1.29 is 14.6 Å². The van der Waals surface area contributed by atoms with Gasteiger partial charge in [-0.3, -0.25) is 0 Å². The highest BCUT2D eigenvalue weighted by molar-refractivity contribution is 5.31. The van der Waals surface area contributed by atoms with Crippen LogP contribution in [0.2, 0.25) is 0 Å². The summed E-state index contributed by atoms with van der Waals surface area (Å²) in [7, 11) is 1.64. The van der Waals surface area contributed by atoms with E-state index in [-0.39, 0.29) is 0 Å². The number of nitrogens with zero attached hydrogens (tertiary/aromatic N) is 1. The van der Waals surface area contributed by atoms with Crippen LogP contribution in [-0.2, 0) is 0 Å². The van der Waals surface area contributed by atoms with Crippen LogP contribution in [0.3, 0.4) is 0 Å². The molecule has 0 bridgehead atoms. The van der Waals surface area contributed by atoms with Gasteiger partial charge in [-0.15, -0.1) is 0 Å². The molecule has 1 N–H and O–H groups in total. The average molecular weight is 293 g/mol. The van der Waals surface area contributed by atoms with Crippen LogP contribution in [0.1, 0.15) is 32.1 Å². The molecule has 2 rings (SSSR count). The van der Waals surface area contributed by atoms with Gasteiger partial charge < -0.3 is 19.5 Å². The van der Waals surface area contributed by atoms with E-state index >= 15 is 0 Å². The largest absolute Gasteiger partial charge is 0.497 e. The molecule has 1 aromatic rings. The van der Waals surface area contributed by atoms with Crippen LogP contribution in [0.4, 0.5) is 0 Å². The third-order valence-corrected chi connectivity index (χ3v) is 3.92. The zero-order valence-corrected chi connectivity index (χ0v) is 13.0. The maximum Gasteiger partial charge on any atom is 0.119 e. The van der Waals surface area contributed by atoms with Crippen molar-refractivity contribution in [3.8, 4) is 11.5 Å². The molecule has 0 aromatic heterocycles. The van der Waals surface area contributed by atoms with E-state index in [1.807, 2.05) is 24.3 Å². The van der Waals surface area contributed by atoms with E-state index < -0.39 is 6.10 Å². The molecule has 1 fully saturated rings. The Hall–Kier alpha value is -1.26. The number of methoxy groups -OCH3 is 1. The van der Waals surface area contributed by atoms with E-state index in [1.165, 1.54) is 32.1 Å². The first-order chi connectivity index (χ1) is 10.3. The standard InChI is InChI=1S/C17H27NO3/c1-20-16-7-9-17(10-8-16)21-14-15(19)13-18-11-5-3-2-4-6-12-18/h7-10,15,19H,2-6,11-14H2,1H3/t15-/m1/s1. The minimum Gasteiger partial charge on any atom is -0.497 e. The molecule has 1 atom stereocenters. The number of likely N-dealkylation sites (tertiary alicyclic amines) is 1. The van der Waals surface area contributed by atoms with Crippen molar-refractivity contribution in [2.45, 2.75) is 38.2 Å². The number of ether oxygens (including phenoxy) is 2. The van der Waals surface area contributed by atoms with Crippen molar-refractivity contribution >= 4 is 0 Å². The van der Waals surface area contributed by atoms with Gasteiger partial charge in [0.25, 0.3) is 0 Å². The first kappa shape index (κ1) is 16.1. The summed E-state index contributed by atoms with van der Waals surface area (Å²) in [4.78, 5) is 2.36. The van der Waals surface area contributed by atoms with Gasteiger partial charge in [0.1, 0.15) is 24.2 Å². The minimum atomic E-state index is -0.438. The van der Waals surface area contributed by atoms with Gasteiger partial charge in [0.15, 0.2) is 0 Å². The zero-order valence-electron chi connectivity index (χ0n) is 13.0. The number of hydrogen-bond donors (Lipinski definition) is 1. The highest BCUT2D eigenvalue weighted by Gasteiger charge is 2.13. The lowest BCUT2D eigenvalue weighted by Gasteiger charge is -2.26. The molecular weight excluding hydrogens is 266 g/mol. The third kappa shape index (κ3) is 5.94. The van der Waals surface area contributed by atoms with E-state index in [1.54, 1.807) is 7.11 Å². The number of aliphatic hydroxyl groups is 1. The quantitative estimate of drug-likeness (QED) is 0.875. The first-order valence-corrected chi connectivity index (χ1v) is 7.95. The van der Waals surface area contributed by atoms with Crippen molar-refractivity contribution in [1.82, 2.24) is 4.90 Å². The van der Waals surface area contributed by atoms with E-state index in [0.29, 0.717) is 13.2 Å². The molecule has 1 heterocycles. The molecular formula is C17H27NO3. The molecule has 0 radical (unpaired) electrons. The molecule has 0 spiro atoms. The fourth-order valence-corrected chi connectivity index (χ4v) is 2.71. The van der Waals surface area contributed by atoms with Crippen LogP contribution in [0, 0.1) is 0 Å². The summed E-state index contributed by atoms with van der Waals surface area (Å²) >= 11 is 0. The third-order valence-electron chi connectivity index (χ3n) is 3.92. The van der Waals surface area contributed by atoms with Crippen molar-refractivity contribution in [3.05, 3.63) is 24.3 Å². The molecule has 4 heteroatoms. The van der Waals surface area contributed by atoms with Gasteiger partial charge in [-0.25, -0.2) is 0 Å². The van der Waals surface area contributed by atoms with Crippen LogP contribution in [0.15, 0.2) is 24.3 Å². The van der Waals surface area contributed by atoms with E-state index in [4.69, 9.17) is 9.47 Å². The Morgan fingerprint density at radius 2 is 1.57 bits per heavy atom. The van der Waals surface area contributed by atoms with Crippen LogP contribution in [0.25, 0.3) is 0 Å². The summed E-state index contributed by atoms with van der Waals surface area (Å²) < 4.78 is 10.7. The second-order valence-corrected chi connectivity index (χ2v) is 5.71. The normalized spacial score (nSPS) is 18.6. The minimum absolute atomic E-state index is 0.336. The van der Waals surface area contributed by atoms with Gasteiger partial charge in [-0.05, 0) is 50.2 Å². The number of benzene rings is 1. The Balaban J connectivity index is 1.71. The van der Waals surface area contributed by atoms with Crippen LogP contribution in [0.5, 0.6) is 11.5 Å². The summed E-state index contributed by atoms with van der Waals surface area (Å²) in [6.45, 7) is 3.23. The summed E-state index contributed by atoms with van der Waals surface area (Å²) in [5.41, 5.74) is 0. The Morgan fingerprint density at radius 3 is 2.19 bits per heavy atom. The molecule has 1 saturated heterocycles. The van der Waals surface area contributed by atoms with Gasteiger partial charge in [-0.1, -0.05) is 19.3 Å². The summed E-state index contributed by atoms with van der Waals surface area (Å²) in [6.07, 6.45) is 6.03. The molecule has 0 aliphatic carbocycles. The second kappa shape index (κ2) is 8.90. The van der Waals surface area contributed by atoms with Crippen LogP contribution in [-0.4, -0.2) is 49.5 Å². The molecule has 1 aromatic carbocycles. The summed E-state index contributed by atoms with van der Waals surface area (Å²) in [6, 6.07) is 7.45. The monoisotopic (exact) mass is 293 g/mol. The van der Waals surface area contributed by atoms with Gasteiger partial charge >= 0.3 is 0 Å². The van der Waals surface area contributed by atoms with Crippen LogP contribution < -0.4 is 9.47 Å². The predicted octanol–water partition coefficient (Wildman–Crippen LogP) is 2.70. The highest BCUT2D eigenvalue weighted by atomic mass is 16.5. The number of rotatable bonds is 6. The van der Waals surface area contributed by atoms with Gasteiger partial charge in [0, 0.05) is 6.54 Å². The lowest BCUT2D eigenvalue weighted by atomic mass is 10.1. The van der Waals surface area contributed by atoms with E-state index in [2.05, 4.69) is 4.90 Å². The second-order valence-electron chi connectivity index (χ2n) is 5.71. The van der Waals surface area contributed by atoms with Crippen molar-refractivity contribution in [2.75, 3.05) is 33.4 Å². The fraction of sp³-hybridized carbons (Fsp3) is 0.647. The molecule has 0 saturated carbocycles. The molecule has 1 aliphatic rings. The number of β-amino-alcohol motifs (C(OH)–C–C–N with tert-alkyl or cyclic N) is 1. The molecule has 0 unspecified atom stereocenters. The Bertz CT molecular complexity index is 386. The Kier molecular flexibility index (Phi) is 6.83. The zero-order chi connectivity index (χ0) is 14.9. The van der Waals surface area contributed by atoms with Crippen molar-refractivity contribution in [3.63, 3.8) is 0 Å². The highest BCUT2D eigenvalue weighted by Crippen LogP contribution is 2.17. The van der Waals surface area contributed by atoms with Gasteiger partial charge in [-0.2, -0.15) is 0 Å². The number of hydrogen-bond acceptors (Lipinski definition) is 4. The smallest absolute Gasteiger partial charge is 0.119 e. The Morgan fingerprint density at radius 1 is 1.00 bits per heavy atom. The molecule has 4 nitrogen and oxygen atoms in total. The molecule has 21 heavy (non-hydrogen) atoms. The Labute approximate surface area is 127 Å². The molecule has 118 valence electrons. The lowest BCUT2D eigenvalue weighted by molar-refractivity contribution is 0.0654.